The Hall–Kier alpha value is -0.120. The van der Waals surface area contributed by atoms with Gasteiger partial charge in [0, 0.05) is 19.3 Å². The zero-order chi connectivity index (χ0) is 12.3. The van der Waals surface area contributed by atoms with E-state index in [0.29, 0.717) is 0 Å². The Balaban J connectivity index is 1.78. The van der Waals surface area contributed by atoms with Crippen LogP contribution < -0.4 is 5.32 Å². The van der Waals surface area contributed by atoms with Gasteiger partial charge in [-0.3, -0.25) is 0 Å². The lowest BCUT2D eigenvalue weighted by Crippen LogP contribution is -2.26. The summed E-state index contributed by atoms with van der Waals surface area (Å²) in [7, 11) is 2.23. The molecule has 0 aliphatic carbocycles. The van der Waals surface area contributed by atoms with E-state index in [9.17, 15) is 0 Å². The second kappa shape index (κ2) is 9.86. The molecule has 1 fully saturated rings. The third kappa shape index (κ3) is 7.02. The smallest absolute Gasteiger partial charge is 0.0480 e. The van der Waals surface area contributed by atoms with Crippen molar-refractivity contribution in [3.63, 3.8) is 0 Å². The molecule has 1 rings (SSSR count). The molecule has 1 N–H and O–H groups in total. The van der Waals surface area contributed by atoms with E-state index in [1.54, 1.807) is 0 Å². The van der Waals surface area contributed by atoms with Crippen molar-refractivity contribution in [1.29, 1.82) is 0 Å². The fraction of sp³-hybridized carbons (Fsp3) is 1.00. The van der Waals surface area contributed by atoms with Crippen LogP contribution in [0.2, 0.25) is 0 Å². The quantitative estimate of drug-likeness (QED) is 0.595. The lowest BCUT2D eigenvalue weighted by Gasteiger charge is -2.18. The van der Waals surface area contributed by atoms with Gasteiger partial charge in [0.05, 0.1) is 0 Å². The molecule has 0 bridgehead atoms. The molecule has 0 saturated carbocycles. The SMILES string of the molecule is CCNCCCCCOCCC1CCCN1C. The van der Waals surface area contributed by atoms with Crippen LogP contribution in [0.5, 0.6) is 0 Å². The second-order valence-electron chi connectivity index (χ2n) is 5.09. The van der Waals surface area contributed by atoms with Gasteiger partial charge in [0.2, 0.25) is 0 Å². The van der Waals surface area contributed by atoms with Crippen molar-refractivity contribution in [3.8, 4) is 0 Å². The monoisotopic (exact) mass is 242 g/mol. The van der Waals surface area contributed by atoms with Crippen LogP contribution in [-0.2, 0) is 4.74 Å². The Labute approximate surface area is 107 Å². The molecule has 1 heterocycles. The highest BCUT2D eigenvalue weighted by Gasteiger charge is 2.19. The van der Waals surface area contributed by atoms with Crippen molar-refractivity contribution in [1.82, 2.24) is 10.2 Å². The van der Waals surface area contributed by atoms with E-state index < -0.39 is 0 Å². The van der Waals surface area contributed by atoms with Gasteiger partial charge < -0.3 is 15.0 Å². The highest BCUT2D eigenvalue weighted by Crippen LogP contribution is 2.17. The summed E-state index contributed by atoms with van der Waals surface area (Å²) < 4.78 is 5.70. The average molecular weight is 242 g/mol. The minimum Gasteiger partial charge on any atom is -0.381 e. The third-order valence-corrected chi connectivity index (χ3v) is 3.66. The first-order chi connectivity index (χ1) is 8.34. The maximum atomic E-state index is 5.70. The predicted octanol–water partition coefficient (Wildman–Crippen LogP) is 2.27. The van der Waals surface area contributed by atoms with Crippen LogP contribution in [-0.4, -0.2) is 50.8 Å². The topological polar surface area (TPSA) is 24.5 Å². The van der Waals surface area contributed by atoms with Gasteiger partial charge in [-0.15, -0.1) is 0 Å². The lowest BCUT2D eigenvalue weighted by molar-refractivity contribution is 0.110. The van der Waals surface area contributed by atoms with Crippen molar-refractivity contribution >= 4 is 0 Å². The molecule has 0 amide bonds. The number of nitrogens with zero attached hydrogens (tertiary/aromatic N) is 1. The standard InChI is InChI=1S/C14H30N2O/c1-3-15-10-5-4-6-12-17-13-9-14-8-7-11-16(14)2/h14-15H,3-13H2,1-2H3. The van der Waals surface area contributed by atoms with E-state index in [-0.39, 0.29) is 0 Å². The summed E-state index contributed by atoms with van der Waals surface area (Å²) in [5, 5.41) is 3.35. The summed E-state index contributed by atoms with van der Waals surface area (Å²) in [5.74, 6) is 0. The normalized spacial score (nSPS) is 21.2. The predicted molar refractivity (Wildman–Crippen MR) is 73.5 cm³/mol. The number of rotatable bonds is 10. The first-order valence-electron chi connectivity index (χ1n) is 7.33. The molecule has 1 atom stereocenters. The zero-order valence-electron chi connectivity index (χ0n) is 11.7. The van der Waals surface area contributed by atoms with E-state index in [1.165, 1.54) is 45.1 Å². The Morgan fingerprint density at radius 3 is 2.82 bits per heavy atom. The first-order valence-corrected chi connectivity index (χ1v) is 7.33. The molecule has 0 aromatic carbocycles. The van der Waals surface area contributed by atoms with Crippen LogP contribution >= 0.6 is 0 Å². The largest absolute Gasteiger partial charge is 0.381 e. The molecular weight excluding hydrogens is 212 g/mol. The summed E-state index contributed by atoms with van der Waals surface area (Å²) in [6, 6.07) is 0.781. The lowest BCUT2D eigenvalue weighted by atomic mass is 10.1. The first kappa shape index (κ1) is 14.9. The van der Waals surface area contributed by atoms with Crippen molar-refractivity contribution < 1.29 is 4.74 Å². The van der Waals surface area contributed by atoms with Gasteiger partial charge in [-0.2, -0.15) is 0 Å². The Morgan fingerprint density at radius 1 is 1.24 bits per heavy atom. The van der Waals surface area contributed by atoms with E-state index in [2.05, 4.69) is 24.2 Å². The fourth-order valence-corrected chi connectivity index (χ4v) is 2.47. The fourth-order valence-electron chi connectivity index (χ4n) is 2.47. The molecule has 0 radical (unpaired) electrons. The molecule has 3 nitrogen and oxygen atoms in total. The number of likely N-dealkylation sites (tertiary alicyclic amines) is 1. The Bertz CT molecular complexity index is 176. The summed E-state index contributed by atoms with van der Waals surface area (Å²) in [6.07, 6.45) is 7.73. The highest BCUT2D eigenvalue weighted by atomic mass is 16.5. The van der Waals surface area contributed by atoms with Gasteiger partial charge in [0.1, 0.15) is 0 Å². The maximum absolute atomic E-state index is 5.70. The van der Waals surface area contributed by atoms with Crippen LogP contribution in [0.15, 0.2) is 0 Å². The average Bonchev–Trinajstić information content (AvgIpc) is 2.73. The van der Waals surface area contributed by atoms with Crippen LogP contribution in [0.1, 0.15) is 45.4 Å². The van der Waals surface area contributed by atoms with Crippen molar-refractivity contribution in [2.75, 3.05) is 39.9 Å². The van der Waals surface area contributed by atoms with E-state index in [0.717, 1.165) is 32.3 Å². The van der Waals surface area contributed by atoms with Crippen LogP contribution in [0.3, 0.4) is 0 Å². The van der Waals surface area contributed by atoms with Crippen LogP contribution in [0.25, 0.3) is 0 Å². The molecule has 3 heteroatoms. The third-order valence-electron chi connectivity index (χ3n) is 3.66. The number of nitrogens with one attached hydrogen (secondary N) is 1. The molecule has 0 aromatic heterocycles. The summed E-state index contributed by atoms with van der Waals surface area (Å²) in [6.45, 7) is 7.57. The summed E-state index contributed by atoms with van der Waals surface area (Å²) in [4.78, 5) is 2.47. The number of unbranched alkanes of at least 4 members (excludes halogenated alkanes) is 2. The molecule has 102 valence electrons. The molecule has 1 aliphatic rings. The highest BCUT2D eigenvalue weighted by molar-refractivity contribution is 4.75. The molecule has 1 aliphatic heterocycles. The maximum Gasteiger partial charge on any atom is 0.0480 e. The van der Waals surface area contributed by atoms with Gasteiger partial charge >= 0.3 is 0 Å². The van der Waals surface area contributed by atoms with E-state index in [4.69, 9.17) is 4.74 Å². The van der Waals surface area contributed by atoms with E-state index >= 15 is 0 Å². The van der Waals surface area contributed by atoms with Crippen molar-refractivity contribution in [2.45, 2.75) is 51.5 Å². The zero-order valence-corrected chi connectivity index (χ0v) is 11.7. The molecule has 1 saturated heterocycles. The summed E-state index contributed by atoms with van der Waals surface area (Å²) >= 11 is 0. The number of ether oxygens (including phenoxy) is 1. The Morgan fingerprint density at radius 2 is 2.12 bits per heavy atom. The van der Waals surface area contributed by atoms with Crippen LogP contribution in [0.4, 0.5) is 0 Å². The number of hydrogen-bond acceptors (Lipinski definition) is 3. The molecule has 1 unspecified atom stereocenters. The minimum atomic E-state index is 0.781. The number of hydrogen-bond donors (Lipinski definition) is 1. The van der Waals surface area contributed by atoms with Crippen molar-refractivity contribution in [3.05, 3.63) is 0 Å². The van der Waals surface area contributed by atoms with E-state index in [1.807, 2.05) is 0 Å². The van der Waals surface area contributed by atoms with Gasteiger partial charge in [-0.05, 0) is 65.2 Å². The molecular formula is C14H30N2O. The van der Waals surface area contributed by atoms with Gasteiger partial charge in [0.15, 0.2) is 0 Å². The Kier molecular flexibility index (Phi) is 8.67. The second-order valence-corrected chi connectivity index (χ2v) is 5.09. The van der Waals surface area contributed by atoms with Gasteiger partial charge in [-0.1, -0.05) is 6.92 Å². The van der Waals surface area contributed by atoms with Crippen LogP contribution in [0, 0.1) is 0 Å². The molecule has 0 aromatic rings. The van der Waals surface area contributed by atoms with Gasteiger partial charge in [0.25, 0.3) is 0 Å². The summed E-state index contributed by atoms with van der Waals surface area (Å²) in [5.41, 5.74) is 0. The molecule has 17 heavy (non-hydrogen) atoms. The molecule has 0 spiro atoms. The van der Waals surface area contributed by atoms with Crippen molar-refractivity contribution in [2.24, 2.45) is 0 Å². The van der Waals surface area contributed by atoms with Gasteiger partial charge in [-0.25, -0.2) is 0 Å². The minimum absolute atomic E-state index is 0.781.